The van der Waals surface area contributed by atoms with Gasteiger partial charge in [-0.2, -0.15) is 12.6 Å². The summed E-state index contributed by atoms with van der Waals surface area (Å²) in [6, 6.07) is 0. The van der Waals surface area contributed by atoms with E-state index in [1.54, 1.807) is 18.9 Å². The normalized spacial score (nSPS) is 14.0. The van der Waals surface area contributed by atoms with Crippen LogP contribution in [0.15, 0.2) is 0 Å². The van der Waals surface area contributed by atoms with Crippen molar-refractivity contribution in [1.29, 1.82) is 0 Å². The Morgan fingerprint density at radius 2 is 1.38 bits per heavy atom. The Balaban J connectivity index is 5.59. The van der Waals surface area contributed by atoms with Gasteiger partial charge in [-0.25, -0.2) is 0 Å². The Bertz CT molecular complexity index is 641. The number of carbonyl (C=O) groups excluding carboxylic acids is 4. The first-order valence-corrected chi connectivity index (χ1v) is 12.8. The van der Waals surface area contributed by atoms with Gasteiger partial charge in [-0.15, -0.1) is 0 Å². The molecule has 34 heavy (non-hydrogen) atoms. The summed E-state index contributed by atoms with van der Waals surface area (Å²) in [5.41, 5.74) is -0.977. The van der Waals surface area contributed by atoms with Crippen LogP contribution in [0.2, 0.25) is 0 Å². The second-order valence-electron chi connectivity index (χ2n) is 9.16. The number of Topliss-reactive ketones (excluding diaryl/α,β-unsaturated/α-hetero) is 3. The van der Waals surface area contributed by atoms with E-state index in [9.17, 15) is 19.2 Å². The molecule has 0 aliphatic heterocycles. The molecule has 0 aromatic rings. The van der Waals surface area contributed by atoms with Crippen LogP contribution < -0.4 is 0 Å². The molecule has 0 spiro atoms. The molecule has 0 aliphatic rings. The summed E-state index contributed by atoms with van der Waals surface area (Å²) in [5, 5.41) is 0. The molecule has 0 bridgehead atoms. The molecule has 0 saturated carbocycles. The van der Waals surface area contributed by atoms with E-state index in [1.165, 1.54) is 6.92 Å². The Kier molecular flexibility index (Phi) is 17.4. The molecule has 0 rings (SSSR count). The molecule has 0 aliphatic carbocycles. The summed E-state index contributed by atoms with van der Waals surface area (Å²) in [6.45, 7) is 9.77. The molecule has 0 N–H and O–H groups in total. The summed E-state index contributed by atoms with van der Waals surface area (Å²) >= 11 is 4.24. The molecule has 0 heterocycles. The summed E-state index contributed by atoms with van der Waals surface area (Å²) in [5.74, 6) is 0.349. The van der Waals surface area contributed by atoms with Gasteiger partial charge in [-0.1, -0.05) is 27.7 Å². The number of hydrogen-bond donors (Lipinski definition) is 1. The Labute approximate surface area is 210 Å². The van der Waals surface area contributed by atoms with E-state index in [0.717, 1.165) is 0 Å². The van der Waals surface area contributed by atoms with Gasteiger partial charge in [0.25, 0.3) is 0 Å². The molecule has 1 amide bonds. The molecule has 0 aromatic carbocycles. The van der Waals surface area contributed by atoms with Gasteiger partial charge < -0.3 is 19.1 Å². The van der Waals surface area contributed by atoms with Gasteiger partial charge in [0, 0.05) is 44.6 Å². The number of nitrogens with zero attached hydrogens (tertiary/aromatic N) is 1. The molecule has 0 fully saturated rings. The van der Waals surface area contributed by atoms with Gasteiger partial charge in [-0.05, 0) is 19.1 Å². The number of ether oxygens (including phenoxy) is 3. The van der Waals surface area contributed by atoms with Gasteiger partial charge in [0.15, 0.2) is 0 Å². The van der Waals surface area contributed by atoms with Gasteiger partial charge in [0.1, 0.15) is 22.9 Å². The number of likely N-dealkylation sites (N-methyl/N-ethyl adjacent to an activating group) is 1. The third-order valence-corrected chi connectivity index (χ3v) is 6.05. The highest BCUT2D eigenvalue weighted by molar-refractivity contribution is 7.80. The molecule has 2 unspecified atom stereocenters. The van der Waals surface area contributed by atoms with Crippen molar-refractivity contribution < 1.29 is 33.4 Å². The second kappa shape index (κ2) is 18.0. The van der Waals surface area contributed by atoms with Crippen molar-refractivity contribution >= 4 is 35.9 Å². The van der Waals surface area contributed by atoms with Crippen LogP contribution in [0.1, 0.15) is 66.7 Å². The van der Waals surface area contributed by atoms with Gasteiger partial charge in [0.05, 0.1) is 39.6 Å². The second-order valence-corrected chi connectivity index (χ2v) is 9.61. The van der Waals surface area contributed by atoms with E-state index in [4.69, 9.17) is 14.2 Å². The van der Waals surface area contributed by atoms with E-state index in [1.807, 2.05) is 20.8 Å². The minimum atomic E-state index is -0.977. The first-order valence-electron chi connectivity index (χ1n) is 12.2. The Hall–Kier alpha value is -1.29. The molecule has 198 valence electrons. The molecule has 0 radical (unpaired) electrons. The maximum Gasteiger partial charge on any atom is 0.225 e. The Morgan fingerprint density at radius 1 is 0.882 bits per heavy atom. The summed E-state index contributed by atoms with van der Waals surface area (Å²) < 4.78 is 17.6. The number of ketones is 3. The van der Waals surface area contributed by atoms with Gasteiger partial charge in [-0.3, -0.25) is 19.2 Å². The molecular weight excluding hydrogens is 458 g/mol. The average Bonchev–Trinajstić information content (AvgIpc) is 2.80. The van der Waals surface area contributed by atoms with E-state index < -0.39 is 5.54 Å². The standard InChI is InChI=1S/C25H45NO7S/c1-7-22(28)9-13-32-17-25(16-31-12-8-21(5)27,18-33-14-10-23(29)19(2)3)26(6)24(30)20(4)11-15-34/h19-20,34H,7-18H2,1-6H3. The first kappa shape index (κ1) is 32.7. The first-order chi connectivity index (χ1) is 16.0. The van der Waals surface area contributed by atoms with Crippen LogP contribution in [0, 0.1) is 11.8 Å². The van der Waals surface area contributed by atoms with E-state index >= 15 is 0 Å². The van der Waals surface area contributed by atoms with Crippen LogP contribution in [0.5, 0.6) is 0 Å². The van der Waals surface area contributed by atoms with E-state index in [0.29, 0.717) is 18.6 Å². The maximum absolute atomic E-state index is 13.2. The molecule has 8 nitrogen and oxygen atoms in total. The third-order valence-electron chi connectivity index (χ3n) is 5.79. The zero-order chi connectivity index (χ0) is 26.1. The van der Waals surface area contributed by atoms with Crippen molar-refractivity contribution in [2.45, 2.75) is 72.3 Å². The lowest BCUT2D eigenvalue weighted by Gasteiger charge is -2.42. The largest absolute Gasteiger partial charge is 0.378 e. The molecule has 2 atom stereocenters. The lowest BCUT2D eigenvalue weighted by Crippen LogP contribution is -2.60. The van der Waals surface area contributed by atoms with Crippen LogP contribution in [-0.4, -0.2) is 86.1 Å². The van der Waals surface area contributed by atoms with Crippen molar-refractivity contribution in [1.82, 2.24) is 4.90 Å². The minimum absolute atomic E-state index is 0.00945. The summed E-state index contributed by atoms with van der Waals surface area (Å²) in [7, 11) is 1.69. The van der Waals surface area contributed by atoms with Crippen LogP contribution in [0.3, 0.4) is 0 Å². The fourth-order valence-corrected chi connectivity index (χ4v) is 3.51. The number of thiol groups is 1. The van der Waals surface area contributed by atoms with Crippen molar-refractivity contribution in [3.05, 3.63) is 0 Å². The zero-order valence-electron chi connectivity index (χ0n) is 21.9. The van der Waals surface area contributed by atoms with Gasteiger partial charge in [0.2, 0.25) is 5.91 Å². The lowest BCUT2D eigenvalue weighted by atomic mass is 9.97. The molecular formula is C25H45NO7S. The predicted octanol–water partition coefficient (Wildman–Crippen LogP) is 3.15. The van der Waals surface area contributed by atoms with Crippen LogP contribution in [0.25, 0.3) is 0 Å². The summed E-state index contributed by atoms with van der Waals surface area (Å²) in [6.07, 6.45) is 1.88. The maximum atomic E-state index is 13.2. The number of hydrogen-bond acceptors (Lipinski definition) is 8. The fourth-order valence-electron chi connectivity index (χ4n) is 3.12. The minimum Gasteiger partial charge on any atom is -0.378 e. The Morgan fingerprint density at radius 3 is 1.82 bits per heavy atom. The van der Waals surface area contributed by atoms with E-state index in [2.05, 4.69) is 12.6 Å². The SMILES string of the molecule is CCC(=O)CCOCC(COCCC(C)=O)(COCCC(=O)C(C)C)N(C)C(=O)C(C)CCS. The number of amides is 1. The highest BCUT2D eigenvalue weighted by atomic mass is 32.1. The topological polar surface area (TPSA) is 99.2 Å². The monoisotopic (exact) mass is 503 g/mol. The zero-order valence-corrected chi connectivity index (χ0v) is 22.8. The summed E-state index contributed by atoms with van der Waals surface area (Å²) in [4.78, 5) is 49.8. The van der Waals surface area contributed by atoms with Crippen LogP contribution >= 0.6 is 12.6 Å². The molecule has 0 saturated heterocycles. The number of carbonyl (C=O) groups is 4. The van der Waals surface area contributed by atoms with Crippen LogP contribution in [-0.2, 0) is 33.4 Å². The van der Waals surface area contributed by atoms with E-state index in [-0.39, 0.29) is 94.0 Å². The lowest BCUT2D eigenvalue weighted by molar-refractivity contribution is -0.153. The highest BCUT2D eigenvalue weighted by Crippen LogP contribution is 2.22. The smallest absolute Gasteiger partial charge is 0.225 e. The van der Waals surface area contributed by atoms with Crippen molar-refractivity contribution in [2.75, 3.05) is 52.4 Å². The fraction of sp³-hybridized carbons (Fsp3) is 0.840. The van der Waals surface area contributed by atoms with Crippen molar-refractivity contribution in [3.63, 3.8) is 0 Å². The quantitative estimate of drug-likeness (QED) is 0.190. The molecule has 9 heteroatoms. The highest BCUT2D eigenvalue weighted by Gasteiger charge is 2.40. The molecule has 0 aromatic heterocycles. The van der Waals surface area contributed by atoms with Crippen LogP contribution in [0.4, 0.5) is 0 Å². The van der Waals surface area contributed by atoms with Crippen molar-refractivity contribution in [2.24, 2.45) is 11.8 Å². The van der Waals surface area contributed by atoms with Gasteiger partial charge >= 0.3 is 0 Å². The third kappa shape index (κ3) is 13.0. The average molecular weight is 504 g/mol. The predicted molar refractivity (Wildman–Crippen MR) is 135 cm³/mol. The number of rotatable bonds is 21. The van der Waals surface area contributed by atoms with Crippen molar-refractivity contribution in [3.8, 4) is 0 Å².